The van der Waals surface area contributed by atoms with Crippen molar-refractivity contribution in [2.24, 2.45) is 0 Å². The highest BCUT2D eigenvalue weighted by molar-refractivity contribution is 5.25. The number of morpholine rings is 1. The van der Waals surface area contributed by atoms with Crippen molar-refractivity contribution in [3.05, 3.63) is 35.4 Å². The molecule has 1 fully saturated rings. The summed E-state index contributed by atoms with van der Waals surface area (Å²) in [6, 6.07) is 4.08. The van der Waals surface area contributed by atoms with Crippen LogP contribution < -0.4 is 5.32 Å². The number of hydrogen-bond acceptors (Lipinski definition) is 3. The van der Waals surface area contributed by atoms with Crippen LogP contribution in [0.2, 0.25) is 0 Å². The summed E-state index contributed by atoms with van der Waals surface area (Å²) in [5.41, 5.74) is 0.593. The molecule has 2 unspecified atom stereocenters. The predicted molar refractivity (Wildman–Crippen MR) is 79.2 cm³/mol. The van der Waals surface area contributed by atoms with Crippen molar-refractivity contribution in [3.8, 4) is 0 Å². The smallest absolute Gasteiger partial charge is 0.159 e. The van der Waals surface area contributed by atoms with Crippen LogP contribution >= 0.6 is 0 Å². The van der Waals surface area contributed by atoms with Gasteiger partial charge in [0.25, 0.3) is 0 Å². The number of rotatable bonds is 5. The van der Waals surface area contributed by atoms with Gasteiger partial charge in [0, 0.05) is 18.6 Å². The van der Waals surface area contributed by atoms with E-state index in [9.17, 15) is 8.78 Å². The van der Waals surface area contributed by atoms with E-state index in [0.717, 1.165) is 25.1 Å². The maximum Gasteiger partial charge on any atom is 0.159 e. The lowest BCUT2D eigenvalue weighted by atomic mass is 9.82. The lowest BCUT2D eigenvalue weighted by Crippen LogP contribution is -2.57. The maximum atomic E-state index is 13.6. The fourth-order valence-corrected chi connectivity index (χ4v) is 3.21. The van der Waals surface area contributed by atoms with Crippen LogP contribution in [-0.2, 0) is 4.74 Å². The second-order valence-electron chi connectivity index (χ2n) is 5.71. The molecule has 118 valence electrons. The first-order chi connectivity index (χ1) is 10.0. The number of likely N-dealkylation sites (N-methyl/N-ethyl adjacent to an activating group) is 1. The summed E-state index contributed by atoms with van der Waals surface area (Å²) in [4.78, 5) is 2.37. The Kier molecular flexibility index (Phi) is 5.30. The summed E-state index contributed by atoms with van der Waals surface area (Å²) >= 11 is 0. The molecule has 1 aromatic carbocycles. The van der Waals surface area contributed by atoms with Crippen molar-refractivity contribution >= 4 is 0 Å². The lowest BCUT2D eigenvalue weighted by molar-refractivity contribution is -0.0319. The van der Waals surface area contributed by atoms with Crippen molar-refractivity contribution < 1.29 is 13.5 Å². The Balaban J connectivity index is 2.33. The SMILES string of the molecule is CCC(C)(C(NC)c1ccc(F)c(F)c1)N1CCOCC1. The molecule has 0 radical (unpaired) electrons. The zero-order valence-corrected chi connectivity index (χ0v) is 13.0. The second kappa shape index (κ2) is 6.81. The molecule has 0 aromatic heterocycles. The van der Waals surface area contributed by atoms with Gasteiger partial charge >= 0.3 is 0 Å². The molecule has 0 aliphatic carbocycles. The minimum Gasteiger partial charge on any atom is -0.379 e. The fourth-order valence-electron chi connectivity index (χ4n) is 3.21. The van der Waals surface area contributed by atoms with Gasteiger partial charge in [0.2, 0.25) is 0 Å². The van der Waals surface area contributed by atoms with E-state index in [1.165, 1.54) is 12.1 Å². The first kappa shape index (κ1) is 16.3. The molecule has 1 aromatic rings. The number of hydrogen-bond donors (Lipinski definition) is 1. The van der Waals surface area contributed by atoms with Crippen LogP contribution in [0.15, 0.2) is 18.2 Å². The highest BCUT2D eigenvalue weighted by Crippen LogP contribution is 2.35. The van der Waals surface area contributed by atoms with E-state index in [2.05, 4.69) is 24.1 Å². The molecule has 0 saturated carbocycles. The fraction of sp³-hybridized carbons (Fsp3) is 0.625. The van der Waals surface area contributed by atoms with Crippen LogP contribution in [0.25, 0.3) is 0 Å². The molecule has 0 bridgehead atoms. The molecule has 21 heavy (non-hydrogen) atoms. The number of nitrogens with one attached hydrogen (secondary N) is 1. The summed E-state index contributed by atoms with van der Waals surface area (Å²) in [6.45, 7) is 7.42. The molecule has 1 aliphatic heterocycles. The summed E-state index contributed by atoms with van der Waals surface area (Å²) < 4.78 is 32.2. The average molecular weight is 298 g/mol. The van der Waals surface area contributed by atoms with E-state index >= 15 is 0 Å². The minimum absolute atomic E-state index is 0.0734. The Hall–Kier alpha value is -1.04. The third-order valence-corrected chi connectivity index (χ3v) is 4.64. The van der Waals surface area contributed by atoms with Gasteiger partial charge in [0.1, 0.15) is 0 Å². The molecule has 0 amide bonds. The molecule has 1 saturated heterocycles. The highest BCUT2D eigenvalue weighted by Gasteiger charge is 2.39. The molecule has 2 atom stereocenters. The first-order valence-electron chi connectivity index (χ1n) is 7.48. The second-order valence-corrected chi connectivity index (χ2v) is 5.71. The van der Waals surface area contributed by atoms with Gasteiger partial charge in [-0.15, -0.1) is 0 Å². The molecule has 3 nitrogen and oxygen atoms in total. The molecule has 1 aliphatic rings. The first-order valence-corrected chi connectivity index (χ1v) is 7.48. The van der Waals surface area contributed by atoms with E-state index in [0.29, 0.717) is 13.2 Å². The van der Waals surface area contributed by atoms with E-state index in [4.69, 9.17) is 4.74 Å². The van der Waals surface area contributed by atoms with Crippen LogP contribution in [0.1, 0.15) is 31.9 Å². The van der Waals surface area contributed by atoms with Gasteiger partial charge in [-0.1, -0.05) is 13.0 Å². The number of ether oxygens (including phenoxy) is 1. The standard InChI is InChI=1S/C16H24F2N2O/c1-4-16(2,20-7-9-21-10-8-20)15(19-3)12-5-6-13(17)14(18)11-12/h5-6,11,15,19H,4,7-10H2,1-3H3. The summed E-state index contributed by atoms with van der Waals surface area (Å²) in [6.07, 6.45) is 0.900. The van der Waals surface area contributed by atoms with Crippen LogP contribution in [0.5, 0.6) is 0 Å². The summed E-state index contributed by atoms with van der Waals surface area (Å²) in [5, 5.41) is 3.28. The normalized spacial score (nSPS) is 21.0. The van der Waals surface area contributed by atoms with Crippen LogP contribution in [0.3, 0.4) is 0 Å². The van der Waals surface area contributed by atoms with Crippen LogP contribution in [-0.4, -0.2) is 43.8 Å². The summed E-state index contributed by atoms with van der Waals surface area (Å²) in [5.74, 6) is -1.61. The third kappa shape index (κ3) is 3.25. The van der Waals surface area contributed by atoms with Crippen molar-refractivity contribution in [2.45, 2.75) is 31.8 Å². The van der Waals surface area contributed by atoms with Crippen molar-refractivity contribution in [2.75, 3.05) is 33.4 Å². The minimum atomic E-state index is -0.807. The van der Waals surface area contributed by atoms with Crippen molar-refractivity contribution in [3.63, 3.8) is 0 Å². The molecule has 1 heterocycles. The quantitative estimate of drug-likeness (QED) is 0.904. The number of benzene rings is 1. The monoisotopic (exact) mass is 298 g/mol. The Morgan fingerprint density at radius 2 is 1.95 bits per heavy atom. The predicted octanol–water partition coefficient (Wildman–Crippen LogP) is 2.73. The lowest BCUT2D eigenvalue weighted by Gasteiger charge is -2.48. The van der Waals surface area contributed by atoms with E-state index in [1.54, 1.807) is 6.07 Å². The molecule has 1 N–H and O–H groups in total. The Labute approximate surface area is 125 Å². The zero-order chi connectivity index (χ0) is 15.5. The van der Waals surface area contributed by atoms with Gasteiger partial charge in [0.05, 0.1) is 19.3 Å². The topological polar surface area (TPSA) is 24.5 Å². The third-order valence-electron chi connectivity index (χ3n) is 4.64. The maximum absolute atomic E-state index is 13.6. The van der Waals surface area contributed by atoms with E-state index < -0.39 is 11.6 Å². The van der Waals surface area contributed by atoms with Crippen molar-refractivity contribution in [1.29, 1.82) is 0 Å². The Morgan fingerprint density at radius 3 is 2.48 bits per heavy atom. The van der Waals surface area contributed by atoms with Crippen LogP contribution in [0, 0.1) is 11.6 Å². The van der Waals surface area contributed by atoms with Gasteiger partial charge in [-0.3, -0.25) is 4.90 Å². The Bertz CT molecular complexity index is 477. The molecule has 2 rings (SSSR count). The van der Waals surface area contributed by atoms with Gasteiger partial charge in [-0.2, -0.15) is 0 Å². The molecular formula is C16H24F2N2O. The Morgan fingerprint density at radius 1 is 1.29 bits per heavy atom. The van der Waals surface area contributed by atoms with E-state index in [-0.39, 0.29) is 11.6 Å². The molecular weight excluding hydrogens is 274 g/mol. The zero-order valence-electron chi connectivity index (χ0n) is 13.0. The summed E-state index contributed by atoms with van der Waals surface area (Å²) in [7, 11) is 1.86. The molecule has 0 spiro atoms. The van der Waals surface area contributed by atoms with Gasteiger partial charge < -0.3 is 10.1 Å². The van der Waals surface area contributed by atoms with Gasteiger partial charge in [-0.05, 0) is 38.1 Å². The van der Waals surface area contributed by atoms with E-state index in [1.807, 2.05) is 7.05 Å². The number of nitrogens with zero attached hydrogens (tertiary/aromatic N) is 1. The van der Waals surface area contributed by atoms with Gasteiger partial charge in [-0.25, -0.2) is 8.78 Å². The van der Waals surface area contributed by atoms with Gasteiger partial charge in [0.15, 0.2) is 11.6 Å². The highest BCUT2D eigenvalue weighted by atomic mass is 19.2. The largest absolute Gasteiger partial charge is 0.379 e. The molecule has 5 heteroatoms. The number of halogens is 2. The average Bonchev–Trinajstić information content (AvgIpc) is 2.52. The van der Waals surface area contributed by atoms with Crippen LogP contribution in [0.4, 0.5) is 8.78 Å². The van der Waals surface area contributed by atoms with Crippen molar-refractivity contribution in [1.82, 2.24) is 10.2 Å².